The van der Waals surface area contributed by atoms with Gasteiger partial charge in [-0.05, 0) is 41.1 Å². The van der Waals surface area contributed by atoms with Crippen LogP contribution in [0.15, 0.2) is 22.7 Å². The monoisotopic (exact) mass is 321 g/mol. The Morgan fingerprint density at radius 1 is 1.47 bits per heavy atom. The predicted octanol–water partition coefficient (Wildman–Crippen LogP) is 2.00. The molecule has 0 aliphatic carbocycles. The molecule has 0 aliphatic rings. The number of ether oxygens (including phenoxy) is 1. The summed E-state index contributed by atoms with van der Waals surface area (Å²) in [7, 11) is -3.34. The number of rotatable bonds is 4. The summed E-state index contributed by atoms with van der Waals surface area (Å²) in [6.45, 7) is 2.01. The first kappa shape index (κ1) is 14.0. The molecule has 1 aromatic carbocycles. The molecule has 0 saturated heterocycles. The molecule has 0 amide bonds. The first-order valence-corrected chi connectivity index (χ1v) is 7.46. The van der Waals surface area contributed by atoms with Gasteiger partial charge in [0.25, 0.3) is 0 Å². The third-order valence-electron chi connectivity index (χ3n) is 1.78. The van der Waals surface area contributed by atoms with Gasteiger partial charge in [-0.15, -0.1) is 0 Å². The van der Waals surface area contributed by atoms with Crippen LogP contribution in [0.25, 0.3) is 0 Å². The molecule has 0 bridgehead atoms. The van der Waals surface area contributed by atoms with E-state index in [1.165, 1.54) is 18.2 Å². The second-order valence-corrected chi connectivity index (χ2v) is 5.89. The van der Waals surface area contributed by atoms with Crippen molar-refractivity contribution in [3.05, 3.63) is 28.2 Å². The molecule has 0 atom stereocenters. The van der Waals surface area contributed by atoms with Crippen LogP contribution in [-0.4, -0.2) is 27.2 Å². The molecule has 0 spiro atoms. The van der Waals surface area contributed by atoms with Crippen molar-refractivity contribution < 1.29 is 17.9 Å². The minimum atomic E-state index is -3.34. The maximum absolute atomic E-state index is 11.4. The van der Waals surface area contributed by atoms with Crippen molar-refractivity contribution in [3.63, 3.8) is 0 Å². The average Bonchev–Trinajstić information content (AvgIpc) is 2.19. The number of esters is 1. The number of sulfonamides is 1. The molecule has 0 radical (unpaired) electrons. The number of hydrogen-bond acceptors (Lipinski definition) is 4. The summed E-state index contributed by atoms with van der Waals surface area (Å²) >= 11 is 3.18. The Morgan fingerprint density at radius 3 is 2.59 bits per heavy atom. The minimum Gasteiger partial charge on any atom is -0.462 e. The lowest BCUT2D eigenvalue weighted by molar-refractivity contribution is 0.0526. The van der Waals surface area contributed by atoms with E-state index >= 15 is 0 Å². The summed E-state index contributed by atoms with van der Waals surface area (Å²) in [5.41, 5.74) is 0.735. The summed E-state index contributed by atoms with van der Waals surface area (Å²) in [6, 6.07) is 4.50. The fourth-order valence-electron chi connectivity index (χ4n) is 1.14. The smallest absolute Gasteiger partial charge is 0.338 e. The minimum absolute atomic E-state index is 0.291. The zero-order valence-corrected chi connectivity index (χ0v) is 11.8. The Bertz CT molecular complexity index is 527. The summed E-state index contributed by atoms with van der Waals surface area (Å²) < 4.78 is 29.7. The molecule has 1 rings (SSSR count). The largest absolute Gasteiger partial charge is 0.462 e. The average molecular weight is 322 g/mol. The van der Waals surface area contributed by atoms with Crippen molar-refractivity contribution in [2.24, 2.45) is 0 Å². The highest BCUT2D eigenvalue weighted by Crippen LogP contribution is 2.24. The molecule has 0 aliphatic heterocycles. The molecule has 1 aromatic rings. The summed E-state index contributed by atoms with van der Waals surface area (Å²) in [4.78, 5) is 11.4. The highest BCUT2D eigenvalue weighted by atomic mass is 79.9. The number of benzene rings is 1. The second-order valence-electron chi connectivity index (χ2n) is 3.29. The van der Waals surface area contributed by atoms with Crippen LogP contribution in [0.4, 0.5) is 5.69 Å². The lowest BCUT2D eigenvalue weighted by atomic mass is 10.2. The van der Waals surface area contributed by atoms with E-state index in [2.05, 4.69) is 20.7 Å². The van der Waals surface area contributed by atoms with Crippen LogP contribution in [0.5, 0.6) is 0 Å². The van der Waals surface area contributed by atoms with Crippen LogP contribution in [-0.2, 0) is 14.8 Å². The summed E-state index contributed by atoms with van der Waals surface area (Å²) in [6.07, 6.45) is 1.05. The first-order valence-electron chi connectivity index (χ1n) is 4.78. The number of hydrogen-bond donors (Lipinski definition) is 1. The number of carbonyl (C=O) groups excluding carboxylic acids is 1. The van der Waals surface area contributed by atoms with Crippen LogP contribution in [0, 0.1) is 0 Å². The van der Waals surface area contributed by atoms with Crippen LogP contribution in [0.1, 0.15) is 17.3 Å². The van der Waals surface area contributed by atoms with Gasteiger partial charge >= 0.3 is 5.97 Å². The van der Waals surface area contributed by atoms with Gasteiger partial charge in [-0.1, -0.05) is 0 Å². The molecule has 0 aromatic heterocycles. The van der Waals surface area contributed by atoms with Gasteiger partial charge in [-0.3, -0.25) is 4.72 Å². The molecule has 5 nitrogen and oxygen atoms in total. The van der Waals surface area contributed by atoms with Gasteiger partial charge in [0.05, 0.1) is 24.1 Å². The highest BCUT2D eigenvalue weighted by molar-refractivity contribution is 9.10. The standard InChI is InChI=1S/C10H12BrNO4S/c1-3-16-10(13)7-4-5-9(8(11)6-7)12-17(2,14)15/h4-6,12H,3H2,1-2H3. The van der Waals surface area contributed by atoms with E-state index < -0.39 is 16.0 Å². The van der Waals surface area contributed by atoms with E-state index in [4.69, 9.17) is 4.74 Å². The zero-order chi connectivity index (χ0) is 13.1. The van der Waals surface area contributed by atoms with Crippen LogP contribution in [0.2, 0.25) is 0 Å². The predicted molar refractivity (Wildman–Crippen MR) is 68.6 cm³/mol. The van der Waals surface area contributed by atoms with Crippen LogP contribution >= 0.6 is 15.9 Å². The van der Waals surface area contributed by atoms with Crippen LogP contribution < -0.4 is 4.72 Å². The Balaban J connectivity index is 2.98. The van der Waals surface area contributed by atoms with Crippen LogP contribution in [0.3, 0.4) is 0 Å². The molecule has 7 heteroatoms. The van der Waals surface area contributed by atoms with Gasteiger partial charge in [-0.2, -0.15) is 0 Å². The maximum Gasteiger partial charge on any atom is 0.338 e. The Hall–Kier alpha value is -1.08. The molecule has 0 fully saturated rings. The fraction of sp³-hybridized carbons (Fsp3) is 0.300. The van der Waals surface area contributed by atoms with Crippen molar-refractivity contribution in [3.8, 4) is 0 Å². The van der Waals surface area contributed by atoms with Gasteiger partial charge in [0.2, 0.25) is 10.0 Å². The van der Waals surface area contributed by atoms with Gasteiger partial charge < -0.3 is 4.74 Å². The lowest BCUT2D eigenvalue weighted by Gasteiger charge is -2.08. The van der Waals surface area contributed by atoms with Crippen molar-refractivity contribution in [2.45, 2.75) is 6.92 Å². The molecule has 17 heavy (non-hydrogen) atoms. The molecule has 94 valence electrons. The fourth-order valence-corrected chi connectivity index (χ4v) is 2.33. The third-order valence-corrected chi connectivity index (χ3v) is 3.02. The number of anilines is 1. The van der Waals surface area contributed by atoms with Crippen molar-refractivity contribution >= 4 is 37.6 Å². The molecule has 0 unspecified atom stereocenters. The van der Waals surface area contributed by atoms with E-state index in [9.17, 15) is 13.2 Å². The van der Waals surface area contributed by atoms with E-state index in [1.54, 1.807) is 6.92 Å². The van der Waals surface area contributed by atoms with Gasteiger partial charge in [-0.25, -0.2) is 13.2 Å². The second kappa shape index (κ2) is 5.50. The number of carbonyl (C=O) groups is 1. The SMILES string of the molecule is CCOC(=O)c1ccc(NS(C)(=O)=O)c(Br)c1. The van der Waals surface area contributed by atoms with E-state index in [0.717, 1.165) is 6.26 Å². The summed E-state index contributed by atoms with van der Waals surface area (Å²) in [5, 5.41) is 0. The van der Waals surface area contributed by atoms with Gasteiger partial charge in [0.15, 0.2) is 0 Å². The molecule has 0 saturated carbocycles. The van der Waals surface area contributed by atoms with Crippen molar-refractivity contribution in [1.29, 1.82) is 0 Å². The van der Waals surface area contributed by atoms with E-state index in [-0.39, 0.29) is 0 Å². The summed E-state index contributed by atoms with van der Waals surface area (Å²) in [5.74, 6) is -0.445. The van der Waals surface area contributed by atoms with Crippen molar-refractivity contribution in [2.75, 3.05) is 17.6 Å². The maximum atomic E-state index is 11.4. The Morgan fingerprint density at radius 2 is 2.12 bits per heavy atom. The van der Waals surface area contributed by atoms with E-state index in [0.29, 0.717) is 22.3 Å². The Labute approximate surface area is 108 Å². The molecule has 1 N–H and O–H groups in total. The quantitative estimate of drug-likeness (QED) is 0.861. The van der Waals surface area contributed by atoms with E-state index in [1.807, 2.05) is 0 Å². The van der Waals surface area contributed by atoms with Crippen molar-refractivity contribution in [1.82, 2.24) is 0 Å². The highest BCUT2D eigenvalue weighted by Gasteiger charge is 2.11. The number of halogens is 1. The van der Waals surface area contributed by atoms with Gasteiger partial charge in [0, 0.05) is 4.47 Å². The lowest BCUT2D eigenvalue weighted by Crippen LogP contribution is -2.11. The zero-order valence-electron chi connectivity index (χ0n) is 9.36. The Kier molecular flexibility index (Phi) is 4.53. The molecular formula is C10H12BrNO4S. The third kappa shape index (κ3) is 4.35. The molecule has 0 heterocycles. The number of nitrogens with one attached hydrogen (secondary N) is 1. The molecular weight excluding hydrogens is 310 g/mol. The topological polar surface area (TPSA) is 72.5 Å². The normalized spacial score (nSPS) is 11.0. The van der Waals surface area contributed by atoms with Gasteiger partial charge in [0.1, 0.15) is 0 Å². The first-order chi connectivity index (χ1) is 7.83.